The molecule has 1 aromatic carbocycles. The van der Waals surface area contributed by atoms with E-state index in [1.165, 1.54) is 17.8 Å². The number of nitrogens with one attached hydrogen (secondary N) is 1. The number of fused-ring (bicyclic) bond motifs is 1. The molecule has 0 fully saturated rings. The number of thioether (sulfide) groups is 1. The fourth-order valence-electron chi connectivity index (χ4n) is 2.66. The second-order valence-electron chi connectivity index (χ2n) is 6.06. The maximum atomic E-state index is 13.9. The van der Waals surface area contributed by atoms with Crippen molar-refractivity contribution in [2.24, 2.45) is 0 Å². The van der Waals surface area contributed by atoms with Gasteiger partial charge in [-0.1, -0.05) is 18.7 Å². The van der Waals surface area contributed by atoms with Crippen molar-refractivity contribution in [3.05, 3.63) is 57.5 Å². The van der Waals surface area contributed by atoms with Crippen LogP contribution in [0.1, 0.15) is 37.6 Å². The summed E-state index contributed by atoms with van der Waals surface area (Å²) < 4.78 is 28.8. The van der Waals surface area contributed by atoms with Gasteiger partial charge in [-0.2, -0.15) is 0 Å². The molecule has 2 aromatic heterocycles. The number of hydrogen-bond donors (Lipinski definition) is 1. The zero-order valence-corrected chi connectivity index (χ0v) is 15.1. The highest BCUT2D eigenvalue weighted by molar-refractivity contribution is 7.98. The largest absolute Gasteiger partial charge is 0.353 e. The maximum absolute atomic E-state index is 13.9. The summed E-state index contributed by atoms with van der Waals surface area (Å²) in [5, 5.41) is 0.509. The van der Waals surface area contributed by atoms with Gasteiger partial charge in [-0.25, -0.2) is 13.8 Å². The van der Waals surface area contributed by atoms with Crippen LogP contribution >= 0.6 is 11.8 Å². The minimum absolute atomic E-state index is 0.0483. The van der Waals surface area contributed by atoms with Crippen molar-refractivity contribution >= 4 is 22.8 Å². The molecule has 2 heterocycles. The molecule has 3 aromatic rings. The third-order valence-electron chi connectivity index (χ3n) is 4.18. The zero-order chi connectivity index (χ0) is 18.1. The fourth-order valence-corrected chi connectivity index (χ4v) is 3.73. The minimum atomic E-state index is -0.485. The number of rotatable bonds is 5. The number of H-pyrrole nitrogens is 1. The Balaban J connectivity index is 2.04. The lowest BCUT2D eigenvalue weighted by atomic mass is 10.2. The SMILES string of the molecule is CCC(C)n1c(SCc2cc(F)ccc2F)nc2cc(C)[nH]c2c1=O. The summed E-state index contributed by atoms with van der Waals surface area (Å²) in [6, 6.07) is 5.13. The first-order chi connectivity index (χ1) is 11.9. The van der Waals surface area contributed by atoms with Gasteiger partial charge in [0.1, 0.15) is 17.2 Å². The van der Waals surface area contributed by atoms with E-state index in [-0.39, 0.29) is 22.9 Å². The monoisotopic (exact) mass is 363 g/mol. The third-order valence-corrected chi connectivity index (χ3v) is 5.18. The molecule has 0 radical (unpaired) electrons. The summed E-state index contributed by atoms with van der Waals surface area (Å²) in [4.78, 5) is 20.5. The van der Waals surface area contributed by atoms with Gasteiger partial charge in [-0.3, -0.25) is 9.36 Å². The van der Waals surface area contributed by atoms with E-state index in [0.717, 1.165) is 24.2 Å². The number of aromatic nitrogens is 3. The molecule has 4 nitrogen and oxygen atoms in total. The molecule has 1 unspecified atom stereocenters. The third kappa shape index (κ3) is 3.46. The van der Waals surface area contributed by atoms with Crippen LogP contribution in [0.3, 0.4) is 0 Å². The molecule has 0 amide bonds. The molecular formula is C18H19F2N3OS. The van der Waals surface area contributed by atoms with Crippen LogP contribution in [0.5, 0.6) is 0 Å². The average molecular weight is 363 g/mol. The van der Waals surface area contributed by atoms with E-state index in [1.54, 1.807) is 4.57 Å². The Kier molecular flexibility index (Phi) is 4.94. The Morgan fingerprint density at radius 1 is 1.32 bits per heavy atom. The van der Waals surface area contributed by atoms with E-state index < -0.39 is 11.6 Å². The Hall–Kier alpha value is -2.15. The molecule has 7 heteroatoms. The lowest BCUT2D eigenvalue weighted by Crippen LogP contribution is -2.26. The van der Waals surface area contributed by atoms with Gasteiger partial charge in [0.25, 0.3) is 5.56 Å². The van der Waals surface area contributed by atoms with Crippen molar-refractivity contribution in [1.29, 1.82) is 0 Å². The zero-order valence-electron chi connectivity index (χ0n) is 14.3. The molecule has 1 atom stereocenters. The van der Waals surface area contributed by atoms with Gasteiger partial charge in [0.15, 0.2) is 5.16 Å². The number of benzene rings is 1. The van der Waals surface area contributed by atoms with Crippen molar-refractivity contribution in [2.45, 2.75) is 44.1 Å². The molecule has 0 spiro atoms. The molecule has 0 bridgehead atoms. The summed E-state index contributed by atoms with van der Waals surface area (Å²) in [5.74, 6) is -0.757. The van der Waals surface area contributed by atoms with Crippen molar-refractivity contribution < 1.29 is 8.78 Å². The van der Waals surface area contributed by atoms with Gasteiger partial charge in [0.05, 0.1) is 5.52 Å². The van der Waals surface area contributed by atoms with E-state index >= 15 is 0 Å². The van der Waals surface area contributed by atoms with E-state index in [9.17, 15) is 13.6 Å². The Labute approximate surface area is 148 Å². The molecule has 0 aliphatic carbocycles. The van der Waals surface area contributed by atoms with E-state index in [2.05, 4.69) is 9.97 Å². The Morgan fingerprint density at radius 2 is 2.08 bits per heavy atom. The number of nitrogens with zero attached hydrogens (tertiary/aromatic N) is 2. The number of halogens is 2. The highest BCUT2D eigenvalue weighted by Crippen LogP contribution is 2.26. The van der Waals surface area contributed by atoms with E-state index in [1.807, 2.05) is 26.8 Å². The maximum Gasteiger partial charge on any atom is 0.278 e. The molecule has 1 N–H and O–H groups in total. The van der Waals surface area contributed by atoms with Crippen molar-refractivity contribution in [3.8, 4) is 0 Å². The lowest BCUT2D eigenvalue weighted by Gasteiger charge is -2.17. The van der Waals surface area contributed by atoms with Crippen LogP contribution in [0.4, 0.5) is 8.78 Å². The fraction of sp³-hybridized carbons (Fsp3) is 0.333. The number of hydrogen-bond acceptors (Lipinski definition) is 3. The predicted octanol–water partition coefficient (Wildman–Crippen LogP) is 4.57. The first-order valence-electron chi connectivity index (χ1n) is 8.09. The smallest absolute Gasteiger partial charge is 0.278 e. The Bertz CT molecular complexity index is 980. The summed E-state index contributed by atoms with van der Waals surface area (Å²) in [6.45, 7) is 5.79. The molecule has 0 saturated carbocycles. The van der Waals surface area contributed by atoms with Gasteiger partial charge in [0, 0.05) is 23.1 Å². The topological polar surface area (TPSA) is 50.7 Å². The highest BCUT2D eigenvalue weighted by Gasteiger charge is 2.17. The van der Waals surface area contributed by atoms with Crippen molar-refractivity contribution in [2.75, 3.05) is 0 Å². The standard InChI is InChI=1S/C18H19F2N3OS/c1-4-11(3)23-17(24)16-15(7-10(2)21-16)22-18(23)25-9-12-8-13(19)5-6-14(12)20/h5-8,11,21H,4,9H2,1-3H3. The van der Waals surface area contributed by atoms with E-state index in [0.29, 0.717) is 16.2 Å². The first kappa shape index (κ1) is 17.7. The van der Waals surface area contributed by atoms with Crippen LogP contribution in [0.2, 0.25) is 0 Å². The summed E-state index contributed by atoms with van der Waals surface area (Å²) in [7, 11) is 0. The van der Waals surface area contributed by atoms with Crippen LogP contribution in [-0.2, 0) is 5.75 Å². The van der Waals surface area contributed by atoms with E-state index in [4.69, 9.17) is 0 Å². The predicted molar refractivity (Wildman–Crippen MR) is 96.0 cm³/mol. The van der Waals surface area contributed by atoms with Crippen LogP contribution < -0.4 is 5.56 Å². The van der Waals surface area contributed by atoms with Crippen molar-refractivity contribution in [3.63, 3.8) is 0 Å². The molecule has 25 heavy (non-hydrogen) atoms. The number of aromatic amines is 1. The van der Waals surface area contributed by atoms with Crippen molar-refractivity contribution in [1.82, 2.24) is 14.5 Å². The molecule has 132 valence electrons. The van der Waals surface area contributed by atoms with Gasteiger partial charge in [-0.15, -0.1) is 0 Å². The molecular weight excluding hydrogens is 344 g/mol. The highest BCUT2D eigenvalue weighted by atomic mass is 32.2. The second-order valence-corrected chi connectivity index (χ2v) is 7.01. The quantitative estimate of drug-likeness (QED) is 0.533. The average Bonchev–Trinajstić information content (AvgIpc) is 2.96. The molecule has 0 aliphatic heterocycles. The molecule has 0 aliphatic rings. The summed E-state index contributed by atoms with van der Waals surface area (Å²) in [5.41, 5.74) is 2.02. The minimum Gasteiger partial charge on any atom is -0.353 e. The molecule has 0 saturated heterocycles. The van der Waals surface area contributed by atoms with Gasteiger partial charge < -0.3 is 4.98 Å². The van der Waals surface area contributed by atoms with Crippen LogP contribution in [0.25, 0.3) is 11.0 Å². The Morgan fingerprint density at radius 3 is 2.80 bits per heavy atom. The second kappa shape index (κ2) is 7.00. The number of aryl methyl sites for hydroxylation is 1. The summed E-state index contributed by atoms with van der Waals surface area (Å²) in [6.07, 6.45) is 0.759. The van der Waals surface area contributed by atoms with Crippen LogP contribution in [-0.4, -0.2) is 14.5 Å². The van der Waals surface area contributed by atoms with Crippen LogP contribution in [0.15, 0.2) is 34.2 Å². The summed E-state index contributed by atoms with van der Waals surface area (Å²) >= 11 is 1.24. The lowest BCUT2D eigenvalue weighted by molar-refractivity contribution is 0.467. The first-order valence-corrected chi connectivity index (χ1v) is 9.07. The van der Waals surface area contributed by atoms with Gasteiger partial charge >= 0.3 is 0 Å². The normalized spacial score (nSPS) is 12.7. The van der Waals surface area contributed by atoms with Gasteiger partial charge in [-0.05, 0) is 44.5 Å². The van der Waals surface area contributed by atoms with Gasteiger partial charge in [0.2, 0.25) is 0 Å². The van der Waals surface area contributed by atoms with Crippen LogP contribution in [0, 0.1) is 18.6 Å². The molecule has 3 rings (SSSR count).